The lowest BCUT2D eigenvalue weighted by molar-refractivity contribution is 0.244. The van der Waals surface area contributed by atoms with E-state index in [1.54, 1.807) is 12.3 Å². The van der Waals surface area contributed by atoms with Crippen LogP contribution in [0.1, 0.15) is 35.8 Å². The first-order valence-electron chi connectivity index (χ1n) is 8.63. The Morgan fingerprint density at radius 1 is 1.27 bits per heavy atom. The lowest BCUT2D eigenvalue weighted by Crippen LogP contribution is -2.23. The van der Waals surface area contributed by atoms with Crippen LogP contribution in [-0.4, -0.2) is 31.6 Å². The molecule has 4 rings (SSSR count). The molecule has 1 fully saturated rings. The Balaban J connectivity index is 1.50. The van der Waals surface area contributed by atoms with Crippen LogP contribution in [0.3, 0.4) is 0 Å². The van der Waals surface area contributed by atoms with Crippen molar-refractivity contribution in [3.05, 3.63) is 65.9 Å². The molecule has 0 spiro atoms. The number of hydrogen-bond donors (Lipinski definition) is 2. The summed E-state index contributed by atoms with van der Waals surface area (Å²) in [6.45, 7) is 1.94. The van der Waals surface area contributed by atoms with Crippen LogP contribution in [0, 0.1) is 11.3 Å². The van der Waals surface area contributed by atoms with Gasteiger partial charge in [-0.2, -0.15) is 10.4 Å². The molecule has 0 bridgehead atoms. The Labute approximate surface area is 151 Å². The van der Waals surface area contributed by atoms with Crippen molar-refractivity contribution < 1.29 is 0 Å². The molecule has 3 aromatic heterocycles. The summed E-state index contributed by atoms with van der Waals surface area (Å²) in [6.07, 6.45) is 7.74. The second-order valence-electron chi connectivity index (χ2n) is 6.35. The van der Waals surface area contributed by atoms with Crippen LogP contribution in [0.2, 0.25) is 0 Å². The molecular weight excluding hydrogens is 326 g/mol. The fourth-order valence-electron chi connectivity index (χ4n) is 3.34. The maximum Gasteiger partial charge on any atom is 0.140 e. The molecule has 4 heterocycles. The third-order valence-corrected chi connectivity index (χ3v) is 4.57. The summed E-state index contributed by atoms with van der Waals surface area (Å²) in [5, 5.41) is 19.0. The molecule has 2 N–H and O–H groups in total. The Morgan fingerprint density at radius 2 is 2.23 bits per heavy atom. The number of anilines is 2. The molecule has 3 aromatic rings. The van der Waals surface area contributed by atoms with E-state index in [0.29, 0.717) is 11.7 Å². The standard InChI is InChI=1S/C19H19N7/c20-9-15-6-7-16(12-21-15)24-19-5-1-3-17(25-19)18-4-2-8-26(18)13-14-10-22-23-11-14/h1,3,5-7,10-12,18H,2,4,8,13H2,(H,22,23)(H,24,25)/t18-/m1/s1. The minimum absolute atomic E-state index is 0.311. The number of nitriles is 1. The van der Waals surface area contributed by atoms with E-state index in [1.807, 2.05) is 36.7 Å². The summed E-state index contributed by atoms with van der Waals surface area (Å²) >= 11 is 0. The molecule has 0 unspecified atom stereocenters. The van der Waals surface area contributed by atoms with E-state index in [2.05, 4.69) is 31.5 Å². The highest BCUT2D eigenvalue weighted by Crippen LogP contribution is 2.32. The maximum atomic E-state index is 8.84. The highest BCUT2D eigenvalue weighted by Gasteiger charge is 2.27. The first-order chi connectivity index (χ1) is 12.8. The molecule has 7 nitrogen and oxygen atoms in total. The van der Waals surface area contributed by atoms with Gasteiger partial charge in [0.25, 0.3) is 0 Å². The van der Waals surface area contributed by atoms with Gasteiger partial charge in [0.05, 0.1) is 29.8 Å². The normalized spacial score (nSPS) is 17.1. The van der Waals surface area contributed by atoms with Gasteiger partial charge in [-0.25, -0.2) is 9.97 Å². The number of aromatic amines is 1. The van der Waals surface area contributed by atoms with Crippen molar-refractivity contribution in [1.82, 2.24) is 25.1 Å². The fourth-order valence-corrected chi connectivity index (χ4v) is 3.34. The summed E-state index contributed by atoms with van der Waals surface area (Å²) in [6, 6.07) is 11.9. The van der Waals surface area contributed by atoms with E-state index in [9.17, 15) is 0 Å². The second-order valence-corrected chi connectivity index (χ2v) is 6.35. The van der Waals surface area contributed by atoms with E-state index in [-0.39, 0.29) is 0 Å². The fraction of sp³-hybridized carbons (Fsp3) is 0.263. The zero-order valence-corrected chi connectivity index (χ0v) is 14.3. The van der Waals surface area contributed by atoms with Crippen LogP contribution in [0.25, 0.3) is 0 Å². The summed E-state index contributed by atoms with van der Waals surface area (Å²) in [4.78, 5) is 11.3. The third-order valence-electron chi connectivity index (χ3n) is 4.57. The van der Waals surface area contributed by atoms with Crippen molar-refractivity contribution in [3.8, 4) is 6.07 Å². The van der Waals surface area contributed by atoms with Crippen molar-refractivity contribution in [2.45, 2.75) is 25.4 Å². The van der Waals surface area contributed by atoms with Crippen LogP contribution >= 0.6 is 0 Å². The minimum Gasteiger partial charge on any atom is -0.339 e. The van der Waals surface area contributed by atoms with E-state index < -0.39 is 0 Å². The number of hydrogen-bond acceptors (Lipinski definition) is 6. The van der Waals surface area contributed by atoms with Crippen LogP contribution in [0.5, 0.6) is 0 Å². The molecule has 1 aliphatic heterocycles. The highest BCUT2D eigenvalue weighted by molar-refractivity contribution is 5.55. The number of nitrogens with zero attached hydrogens (tertiary/aromatic N) is 5. The van der Waals surface area contributed by atoms with Gasteiger partial charge in [0.15, 0.2) is 0 Å². The predicted octanol–water partition coefficient (Wildman–Crippen LogP) is 3.15. The summed E-state index contributed by atoms with van der Waals surface area (Å²) < 4.78 is 0. The number of rotatable bonds is 5. The number of likely N-dealkylation sites (tertiary alicyclic amines) is 1. The monoisotopic (exact) mass is 345 g/mol. The van der Waals surface area contributed by atoms with E-state index in [0.717, 1.165) is 36.7 Å². The molecule has 1 atom stereocenters. The molecule has 0 aliphatic carbocycles. The number of aromatic nitrogens is 4. The van der Waals surface area contributed by atoms with E-state index in [1.165, 1.54) is 12.0 Å². The lowest BCUT2D eigenvalue weighted by Gasteiger charge is -2.23. The highest BCUT2D eigenvalue weighted by atomic mass is 15.2. The molecule has 26 heavy (non-hydrogen) atoms. The van der Waals surface area contributed by atoms with E-state index >= 15 is 0 Å². The summed E-state index contributed by atoms with van der Waals surface area (Å²) in [5.74, 6) is 0.782. The Bertz CT molecular complexity index is 896. The Morgan fingerprint density at radius 3 is 3.00 bits per heavy atom. The molecule has 0 radical (unpaired) electrons. The topological polar surface area (TPSA) is 93.5 Å². The van der Waals surface area contributed by atoms with Gasteiger partial charge in [0.1, 0.15) is 17.6 Å². The third kappa shape index (κ3) is 3.55. The van der Waals surface area contributed by atoms with Gasteiger partial charge in [-0.1, -0.05) is 6.07 Å². The van der Waals surface area contributed by atoms with Crippen LogP contribution in [0.4, 0.5) is 11.5 Å². The van der Waals surface area contributed by atoms with Crippen molar-refractivity contribution >= 4 is 11.5 Å². The molecule has 0 amide bonds. The van der Waals surface area contributed by atoms with E-state index in [4.69, 9.17) is 10.2 Å². The zero-order chi connectivity index (χ0) is 17.8. The molecule has 0 aromatic carbocycles. The van der Waals surface area contributed by atoms with Crippen LogP contribution in [-0.2, 0) is 6.54 Å². The quantitative estimate of drug-likeness (QED) is 0.738. The summed E-state index contributed by atoms with van der Waals surface area (Å²) in [5.41, 5.74) is 3.47. The van der Waals surface area contributed by atoms with Gasteiger partial charge in [-0.3, -0.25) is 10.00 Å². The Kier molecular flexibility index (Phi) is 4.58. The van der Waals surface area contributed by atoms with Crippen molar-refractivity contribution in [2.75, 3.05) is 11.9 Å². The minimum atomic E-state index is 0.311. The van der Waals surface area contributed by atoms with Crippen LogP contribution in [0.15, 0.2) is 48.9 Å². The lowest BCUT2D eigenvalue weighted by atomic mass is 10.1. The largest absolute Gasteiger partial charge is 0.339 e. The number of H-pyrrole nitrogens is 1. The van der Waals surface area contributed by atoms with Crippen molar-refractivity contribution in [2.24, 2.45) is 0 Å². The first-order valence-corrected chi connectivity index (χ1v) is 8.63. The SMILES string of the molecule is N#Cc1ccc(Nc2cccc([C@H]3CCCN3Cc3cn[nH]c3)n2)cn1. The molecule has 1 aliphatic rings. The second kappa shape index (κ2) is 7.33. The molecule has 1 saturated heterocycles. The van der Waals surface area contributed by atoms with Gasteiger partial charge in [0.2, 0.25) is 0 Å². The van der Waals surface area contributed by atoms with Gasteiger partial charge >= 0.3 is 0 Å². The smallest absolute Gasteiger partial charge is 0.140 e. The van der Waals surface area contributed by atoms with Gasteiger partial charge < -0.3 is 5.32 Å². The van der Waals surface area contributed by atoms with Gasteiger partial charge in [0, 0.05) is 18.3 Å². The zero-order valence-electron chi connectivity index (χ0n) is 14.3. The maximum absolute atomic E-state index is 8.84. The summed E-state index contributed by atoms with van der Waals surface area (Å²) in [7, 11) is 0. The van der Waals surface area contributed by atoms with Crippen molar-refractivity contribution in [1.29, 1.82) is 5.26 Å². The molecule has 130 valence electrons. The van der Waals surface area contributed by atoms with Crippen LogP contribution < -0.4 is 5.32 Å². The number of nitrogens with one attached hydrogen (secondary N) is 2. The van der Waals surface area contributed by atoms with Gasteiger partial charge in [-0.05, 0) is 43.7 Å². The first kappa shape index (κ1) is 16.2. The predicted molar refractivity (Wildman–Crippen MR) is 97.4 cm³/mol. The molecule has 7 heteroatoms. The molecule has 0 saturated carbocycles. The Hall–Kier alpha value is -3.24. The van der Waals surface area contributed by atoms with Gasteiger partial charge in [-0.15, -0.1) is 0 Å². The average Bonchev–Trinajstić information content (AvgIpc) is 3.35. The molecular formula is C19H19N7. The van der Waals surface area contributed by atoms with Crippen molar-refractivity contribution in [3.63, 3.8) is 0 Å². The number of pyridine rings is 2. The average molecular weight is 345 g/mol.